The summed E-state index contributed by atoms with van der Waals surface area (Å²) in [4.78, 5) is 12.4. The number of amides is 1. The van der Waals surface area contributed by atoms with Crippen LogP contribution in [0, 0.1) is 10.8 Å². The van der Waals surface area contributed by atoms with Gasteiger partial charge < -0.3 is 19.9 Å². The van der Waals surface area contributed by atoms with Gasteiger partial charge in [0.25, 0.3) is 0 Å². The molecule has 0 aromatic heterocycles. The fourth-order valence-electron chi connectivity index (χ4n) is 3.52. The second-order valence-corrected chi connectivity index (χ2v) is 5.73. The zero-order valence-corrected chi connectivity index (χ0v) is 11.7. The molecule has 1 aliphatic carbocycles. The summed E-state index contributed by atoms with van der Waals surface area (Å²) in [7, 11) is 1.66. The van der Waals surface area contributed by atoms with Crippen LogP contribution in [0.15, 0.2) is 0 Å². The minimum absolute atomic E-state index is 0.0775. The maximum atomic E-state index is 12.4. The average molecular weight is 271 g/mol. The number of hydrogen-bond donors (Lipinski definition) is 2. The highest BCUT2D eigenvalue weighted by atomic mass is 16.5. The van der Waals surface area contributed by atoms with Crippen LogP contribution in [-0.2, 0) is 14.3 Å². The topological polar surface area (TPSA) is 67.8 Å². The van der Waals surface area contributed by atoms with Crippen LogP contribution in [0.2, 0.25) is 0 Å². The minimum atomic E-state index is -0.349. The number of hydrogen-bond acceptors (Lipinski definition) is 4. The first kappa shape index (κ1) is 14.8. The molecule has 0 radical (unpaired) electrons. The van der Waals surface area contributed by atoms with Gasteiger partial charge in [0.05, 0.1) is 5.41 Å². The van der Waals surface area contributed by atoms with Gasteiger partial charge in [-0.3, -0.25) is 4.79 Å². The fraction of sp³-hybridized carbons (Fsp3) is 0.929. The Balaban J connectivity index is 1.91. The van der Waals surface area contributed by atoms with Gasteiger partial charge in [-0.1, -0.05) is 0 Å². The third kappa shape index (κ3) is 2.78. The van der Waals surface area contributed by atoms with E-state index in [0.717, 1.165) is 38.9 Å². The van der Waals surface area contributed by atoms with Gasteiger partial charge >= 0.3 is 0 Å². The van der Waals surface area contributed by atoms with E-state index in [0.29, 0.717) is 19.6 Å². The van der Waals surface area contributed by atoms with Gasteiger partial charge in [-0.2, -0.15) is 0 Å². The molecule has 1 saturated heterocycles. The Morgan fingerprint density at radius 1 is 1.42 bits per heavy atom. The predicted octanol–water partition coefficient (Wildman–Crippen LogP) is 0.708. The Labute approximate surface area is 114 Å². The molecule has 110 valence electrons. The zero-order chi connectivity index (χ0) is 13.8. The Hall–Kier alpha value is -0.650. The van der Waals surface area contributed by atoms with Crippen molar-refractivity contribution in [3.05, 3.63) is 0 Å². The molecule has 0 aromatic rings. The predicted molar refractivity (Wildman–Crippen MR) is 70.7 cm³/mol. The lowest BCUT2D eigenvalue weighted by Gasteiger charge is -2.28. The average Bonchev–Trinajstić information content (AvgIpc) is 3.03. The van der Waals surface area contributed by atoms with Crippen molar-refractivity contribution in [3.63, 3.8) is 0 Å². The third-order valence-corrected chi connectivity index (χ3v) is 4.76. The molecule has 5 nitrogen and oxygen atoms in total. The first-order valence-corrected chi connectivity index (χ1v) is 7.17. The number of aliphatic hydroxyl groups excluding tert-OH is 1. The zero-order valence-electron chi connectivity index (χ0n) is 11.7. The van der Waals surface area contributed by atoms with Crippen LogP contribution in [0.4, 0.5) is 0 Å². The van der Waals surface area contributed by atoms with E-state index in [-0.39, 0.29) is 23.3 Å². The molecule has 1 saturated carbocycles. The number of carbonyl (C=O) groups is 1. The van der Waals surface area contributed by atoms with Crippen molar-refractivity contribution in [3.8, 4) is 0 Å². The van der Waals surface area contributed by atoms with Crippen molar-refractivity contribution in [2.24, 2.45) is 10.8 Å². The van der Waals surface area contributed by atoms with E-state index in [1.807, 2.05) is 0 Å². The van der Waals surface area contributed by atoms with Crippen LogP contribution in [0.1, 0.15) is 32.1 Å². The molecular formula is C14H25NO4. The van der Waals surface area contributed by atoms with E-state index < -0.39 is 0 Å². The number of rotatable bonds is 7. The molecule has 0 bridgehead atoms. The number of nitrogens with one attached hydrogen (secondary N) is 1. The highest BCUT2D eigenvalue weighted by Gasteiger charge is 2.70. The van der Waals surface area contributed by atoms with Crippen molar-refractivity contribution < 1.29 is 19.4 Å². The van der Waals surface area contributed by atoms with Crippen molar-refractivity contribution >= 4 is 5.91 Å². The summed E-state index contributed by atoms with van der Waals surface area (Å²) in [6, 6.07) is 0. The largest absolute Gasteiger partial charge is 0.396 e. The molecule has 1 unspecified atom stereocenters. The summed E-state index contributed by atoms with van der Waals surface area (Å²) < 4.78 is 10.4. The van der Waals surface area contributed by atoms with Gasteiger partial charge in [-0.05, 0) is 37.5 Å². The Morgan fingerprint density at radius 2 is 2.16 bits per heavy atom. The molecule has 0 aromatic carbocycles. The van der Waals surface area contributed by atoms with Crippen LogP contribution in [0.3, 0.4) is 0 Å². The first-order valence-electron chi connectivity index (χ1n) is 7.17. The summed E-state index contributed by atoms with van der Waals surface area (Å²) in [5.41, 5.74) is -0.266. The molecule has 2 N–H and O–H groups in total. The molecule has 1 amide bonds. The lowest BCUT2D eigenvalue weighted by Crippen LogP contribution is -2.38. The van der Waals surface area contributed by atoms with Crippen LogP contribution in [-0.4, -0.2) is 51.1 Å². The van der Waals surface area contributed by atoms with Gasteiger partial charge in [0.1, 0.15) is 0 Å². The monoisotopic (exact) mass is 271 g/mol. The smallest absolute Gasteiger partial charge is 0.226 e. The summed E-state index contributed by atoms with van der Waals surface area (Å²) >= 11 is 0. The number of methoxy groups -OCH3 is 1. The highest BCUT2D eigenvalue weighted by molar-refractivity contribution is 5.87. The molecular weight excluding hydrogens is 246 g/mol. The van der Waals surface area contributed by atoms with Crippen molar-refractivity contribution in [2.45, 2.75) is 32.1 Å². The van der Waals surface area contributed by atoms with E-state index in [2.05, 4.69) is 5.32 Å². The fourth-order valence-corrected chi connectivity index (χ4v) is 3.52. The van der Waals surface area contributed by atoms with E-state index in [1.165, 1.54) is 0 Å². The van der Waals surface area contributed by atoms with Gasteiger partial charge in [-0.25, -0.2) is 0 Å². The number of ether oxygens (including phenoxy) is 2. The standard InChI is InChI=1S/C14H25NO4/c1-18-8-2-6-15-12(17)14(3-7-16)11-13(14)4-9-19-10-5-13/h16H,2-11H2,1H3,(H,15,17). The third-order valence-electron chi connectivity index (χ3n) is 4.76. The van der Waals surface area contributed by atoms with Crippen molar-refractivity contribution in [2.75, 3.05) is 40.1 Å². The van der Waals surface area contributed by atoms with E-state index in [1.54, 1.807) is 7.11 Å². The highest BCUT2D eigenvalue weighted by Crippen LogP contribution is 2.70. The number of aliphatic hydroxyl groups is 1. The number of carbonyl (C=O) groups excluding carboxylic acids is 1. The first-order chi connectivity index (χ1) is 9.21. The molecule has 5 heteroatoms. The molecule has 1 aliphatic heterocycles. The SMILES string of the molecule is COCCCNC(=O)C1(CCO)CC12CCOCC2. The van der Waals surface area contributed by atoms with Crippen LogP contribution < -0.4 is 5.32 Å². The second kappa shape index (κ2) is 6.20. The van der Waals surface area contributed by atoms with E-state index in [4.69, 9.17) is 9.47 Å². The molecule has 2 fully saturated rings. The lowest BCUT2D eigenvalue weighted by molar-refractivity contribution is -0.129. The summed E-state index contributed by atoms with van der Waals surface area (Å²) in [5, 5.41) is 12.3. The normalized spacial score (nSPS) is 28.3. The summed E-state index contributed by atoms with van der Waals surface area (Å²) in [5.74, 6) is 0.111. The quantitative estimate of drug-likeness (QED) is 0.669. The Bertz CT molecular complexity index is 315. The van der Waals surface area contributed by atoms with Crippen molar-refractivity contribution in [1.82, 2.24) is 5.32 Å². The maximum absolute atomic E-state index is 12.4. The van der Waals surface area contributed by atoms with Crippen LogP contribution >= 0.6 is 0 Å². The van der Waals surface area contributed by atoms with Crippen LogP contribution in [0.25, 0.3) is 0 Å². The van der Waals surface area contributed by atoms with Gasteiger partial charge in [0, 0.05) is 40.1 Å². The van der Waals surface area contributed by atoms with Gasteiger partial charge in [0.2, 0.25) is 5.91 Å². The molecule has 1 atom stereocenters. The molecule has 1 spiro atoms. The Kier molecular flexibility index (Phi) is 4.81. The second-order valence-electron chi connectivity index (χ2n) is 5.73. The minimum Gasteiger partial charge on any atom is -0.396 e. The summed E-state index contributed by atoms with van der Waals surface area (Å²) in [6.07, 6.45) is 4.19. The maximum Gasteiger partial charge on any atom is 0.226 e. The summed E-state index contributed by atoms with van der Waals surface area (Å²) in [6.45, 7) is 2.86. The van der Waals surface area contributed by atoms with E-state index >= 15 is 0 Å². The lowest BCUT2D eigenvalue weighted by atomic mass is 9.83. The van der Waals surface area contributed by atoms with Gasteiger partial charge in [-0.15, -0.1) is 0 Å². The molecule has 2 aliphatic rings. The molecule has 2 rings (SSSR count). The molecule has 19 heavy (non-hydrogen) atoms. The van der Waals surface area contributed by atoms with Gasteiger partial charge in [0.15, 0.2) is 0 Å². The van der Waals surface area contributed by atoms with Crippen molar-refractivity contribution in [1.29, 1.82) is 0 Å². The van der Waals surface area contributed by atoms with Crippen LogP contribution in [0.5, 0.6) is 0 Å². The molecule has 1 heterocycles. The Morgan fingerprint density at radius 3 is 2.79 bits per heavy atom. The van der Waals surface area contributed by atoms with E-state index in [9.17, 15) is 9.90 Å².